The lowest BCUT2D eigenvalue weighted by Crippen LogP contribution is -2.15. The lowest BCUT2D eigenvalue weighted by molar-refractivity contribution is -0.121. The van der Waals surface area contributed by atoms with Crippen LogP contribution in [0.25, 0.3) is 0 Å². The minimum absolute atomic E-state index is 0.0406. The molecular formula is C15H14FNO. The molecule has 3 unspecified atom stereocenters. The second-order valence-corrected chi connectivity index (χ2v) is 5.30. The summed E-state index contributed by atoms with van der Waals surface area (Å²) in [6.07, 6.45) is 3.47. The zero-order chi connectivity index (χ0) is 12.7. The van der Waals surface area contributed by atoms with Crippen LogP contribution in [0.15, 0.2) is 24.3 Å². The Morgan fingerprint density at radius 3 is 2.44 bits per heavy atom. The van der Waals surface area contributed by atoms with Crippen LogP contribution in [-0.2, 0) is 4.79 Å². The Morgan fingerprint density at radius 1 is 1.28 bits per heavy atom. The first-order valence-corrected chi connectivity index (χ1v) is 6.41. The fourth-order valence-corrected chi connectivity index (χ4v) is 3.39. The normalized spacial score (nSPS) is 30.3. The smallest absolute Gasteiger partial charge is 0.158 e. The summed E-state index contributed by atoms with van der Waals surface area (Å²) in [5.41, 5.74) is 0.619. The van der Waals surface area contributed by atoms with E-state index in [9.17, 15) is 14.4 Å². The van der Waals surface area contributed by atoms with Crippen LogP contribution in [0.3, 0.4) is 0 Å². The summed E-state index contributed by atoms with van der Waals surface area (Å²) >= 11 is 0. The first kappa shape index (κ1) is 11.4. The van der Waals surface area contributed by atoms with Gasteiger partial charge in [0.15, 0.2) is 5.78 Å². The summed E-state index contributed by atoms with van der Waals surface area (Å²) < 4.78 is 12.8. The second kappa shape index (κ2) is 4.20. The van der Waals surface area contributed by atoms with Gasteiger partial charge in [0.05, 0.1) is 6.07 Å². The van der Waals surface area contributed by atoms with Crippen LogP contribution in [0.4, 0.5) is 4.39 Å². The molecule has 0 amide bonds. The largest absolute Gasteiger partial charge is 0.298 e. The van der Waals surface area contributed by atoms with E-state index in [1.54, 1.807) is 12.1 Å². The van der Waals surface area contributed by atoms with Gasteiger partial charge in [-0.2, -0.15) is 5.26 Å². The lowest BCUT2D eigenvalue weighted by atomic mass is 9.91. The van der Waals surface area contributed by atoms with Crippen LogP contribution in [0.2, 0.25) is 0 Å². The molecule has 0 radical (unpaired) electrons. The van der Waals surface area contributed by atoms with Crippen molar-refractivity contribution < 1.29 is 9.18 Å². The molecule has 3 atom stereocenters. The minimum atomic E-state index is -0.721. The number of nitriles is 1. The number of carbonyl (C=O) groups is 1. The van der Waals surface area contributed by atoms with Gasteiger partial charge in [-0.1, -0.05) is 18.6 Å². The molecule has 0 N–H and O–H groups in total. The second-order valence-electron chi connectivity index (χ2n) is 5.30. The number of fused-ring (bicyclic) bond motifs is 1. The molecule has 0 aromatic heterocycles. The van der Waals surface area contributed by atoms with Crippen LogP contribution in [-0.4, -0.2) is 5.78 Å². The average molecular weight is 243 g/mol. The molecule has 1 aromatic rings. The van der Waals surface area contributed by atoms with Gasteiger partial charge < -0.3 is 0 Å². The molecule has 2 aliphatic rings. The van der Waals surface area contributed by atoms with Crippen LogP contribution >= 0.6 is 0 Å². The first-order valence-electron chi connectivity index (χ1n) is 6.41. The molecule has 3 heteroatoms. The maximum atomic E-state index is 12.8. The monoisotopic (exact) mass is 243 g/mol. The number of carbonyl (C=O) groups excluding carboxylic acids is 1. The maximum absolute atomic E-state index is 12.8. The standard InChI is InChI=1S/C15H14FNO/c16-10-6-4-9(5-7-10)13(8-17)15(18)14-11-2-1-3-12(11)14/h4-7,11-14H,1-3H2. The Bertz CT molecular complexity index is 506. The van der Waals surface area contributed by atoms with Crippen molar-refractivity contribution in [1.82, 2.24) is 0 Å². The van der Waals surface area contributed by atoms with Crippen molar-refractivity contribution in [2.45, 2.75) is 25.2 Å². The predicted octanol–water partition coefficient (Wildman–Crippen LogP) is 3.05. The molecule has 2 fully saturated rings. The number of rotatable bonds is 3. The highest BCUT2D eigenvalue weighted by molar-refractivity contribution is 5.93. The molecule has 0 bridgehead atoms. The van der Waals surface area contributed by atoms with E-state index < -0.39 is 5.92 Å². The number of hydrogen-bond acceptors (Lipinski definition) is 2. The van der Waals surface area contributed by atoms with E-state index in [-0.39, 0.29) is 17.5 Å². The third kappa shape index (κ3) is 1.73. The predicted molar refractivity (Wildman–Crippen MR) is 64.1 cm³/mol. The van der Waals surface area contributed by atoms with Crippen molar-refractivity contribution in [3.05, 3.63) is 35.6 Å². The highest BCUT2D eigenvalue weighted by atomic mass is 19.1. The summed E-state index contributed by atoms with van der Waals surface area (Å²) in [7, 11) is 0. The van der Waals surface area contributed by atoms with Crippen LogP contribution in [0.1, 0.15) is 30.7 Å². The highest BCUT2D eigenvalue weighted by Crippen LogP contribution is 2.59. The van der Waals surface area contributed by atoms with Gasteiger partial charge in [0, 0.05) is 5.92 Å². The zero-order valence-corrected chi connectivity index (χ0v) is 9.97. The molecule has 0 aliphatic heterocycles. The molecule has 0 saturated heterocycles. The Balaban J connectivity index is 1.79. The van der Waals surface area contributed by atoms with Crippen molar-refractivity contribution in [3.63, 3.8) is 0 Å². The summed E-state index contributed by atoms with van der Waals surface area (Å²) in [6.45, 7) is 0. The van der Waals surface area contributed by atoms with Gasteiger partial charge in [-0.3, -0.25) is 4.79 Å². The Kier molecular flexibility index (Phi) is 2.66. The summed E-state index contributed by atoms with van der Waals surface area (Å²) in [6, 6.07) is 7.77. The van der Waals surface area contributed by atoms with E-state index >= 15 is 0 Å². The van der Waals surface area contributed by atoms with E-state index in [0.29, 0.717) is 17.4 Å². The van der Waals surface area contributed by atoms with Crippen LogP contribution in [0, 0.1) is 34.9 Å². The number of nitrogens with zero attached hydrogens (tertiary/aromatic N) is 1. The molecule has 18 heavy (non-hydrogen) atoms. The van der Waals surface area contributed by atoms with Gasteiger partial charge in [-0.25, -0.2) is 4.39 Å². The van der Waals surface area contributed by atoms with E-state index in [2.05, 4.69) is 6.07 Å². The van der Waals surface area contributed by atoms with Gasteiger partial charge >= 0.3 is 0 Å². The van der Waals surface area contributed by atoms with Crippen molar-refractivity contribution in [2.75, 3.05) is 0 Å². The Hall–Kier alpha value is -1.69. The molecule has 2 nitrogen and oxygen atoms in total. The fourth-order valence-electron chi connectivity index (χ4n) is 3.39. The number of Topliss-reactive ketones (excluding diaryl/α,β-unsaturated/α-hetero) is 1. The molecule has 2 aliphatic carbocycles. The van der Waals surface area contributed by atoms with Crippen molar-refractivity contribution in [1.29, 1.82) is 5.26 Å². The molecule has 92 valence electrons. The molecule has 0 spiro atoms. The number of benzene rings is 1. The molecular weight excluding hydrogens is 229 g/mol. The van der Waals surface area contributed by atoms with E-state index in [1.807, 2.05) is 0 Å². The van der Waals surface area contributed by atoms with E-state index in [0.717, 1.165) is 12.8 Å². The summed E-state index contributed by atoms with van der Waals surface area (Å²) in [5, 5.41) is 9.19. The van der Waals surface area contributed by atoms with Crippen molar-refractivity contribution >= 4 is 5.78 Å². The quantitative estimate of drug-likeness (QED) is 0.818. The van der Waals surface area contributed by atoms with Gasteiger partial charge in [0.1, 0.15) is 11.7 Å². The zero-order valence-electron chi connectivity index (χ0n) is 9.97. The molecule has 1 aromatic carbocycles. The van der Waals surface area contributed by atoms with Crippen molar-refractivity contribution in [2.24, 2.45) is 17.8 Å². The number of hydrogen-bond donors (Lipinski definition) is 0. The first-order chi connectivity index (χ1) is 8.72. The molecule has 0 heterocycles. The Morgan fingerprint density at radius 2 is 1.89 bits per heavy atom. The molecule has 3 rings (SSSR count). The SMILES string of the molecule is N#CC(C(=O)C1C2CCCC21)c1ccc(F)cc1. The minimum Gasteiger partial charge on any atom is -0.298 e. The fraction of sp³-hybridized carbons (Fsp3) is 0.467. The highest BCUT2D eigenvalue weighted by Gasteiger charge is 2.57. The Labute approximate surface area is 105 Å². The maximum Gasteiger partial charge on any atom is 0.158 e. The topological polar surface area (TPSA) is 40.9 Å². The van der Waals surface area contributed by atoms with Gasteiger partial charge in [-0.15, -0.1) is 0 Å². The average Bonchev–Trinajstić information content (AvgIpc) is 2.86. The van der Waals surface area contributed by atoms with Gasteiger partial charge in [0.2, 0.25) is 0 Å². The summed E-state index contributed by atoms with van der Waals surface area (Å²) in [4.78, 5) is 12.3. The van der Waals surface area contributed by atoms with Gasteiger partial charge in [-0.05, 0) is 42.4 Å². The van der Waals surface area contributed by atoms with Crippen LogP contribution < -0.4 is 0 Å². The van der Waals surface area contributed by atoms with Crippen molar-refractivity contribution in [3.8, 4) is 6.07 Å². The number of halogens is 1. The lowest BCUT2D eigenvalue weighted by Gasteiger charge is -2.09. The molecule has 2 saturated carbocycles. The number of ketones is 1. The van der Waals surface area contributed by atoms with E-state index in [1.165, 1.54) is 18.6 Å². The summed E-state index contributed by atoms with van der Waals surface area (Å²) in [5.74, 6) is 0.113. The van der Waals surface area contributed by atoms with Gasteiger partial charge in [0.25, 0.3) is 0 Å². The third-order valence-corrected chi connectivity index (χ3v) is 4.35. The van der Waals surface area contributed by atoms with E-state index in [4.69, 9.17) is 0 Å². The van der Waals surface area contributed by atoms with Crippen LogP contribution in [0.5, 0.6) is 0 Å². The third-order valence-electron chi connectivity index (χ3n) is 4.35.